The Kier molecular flexibility index (Phi) is 6.29. The third-order valence-corrected chi connectivity index (χ3v) is 4.70. The van der Waals surface area contributed by atoms with E-state index in [1.165, 1.54) is 36.4 Å². The molecule has 0 unspecified atom stereocenters. The Morgan fingerprint density at radius 1 is 0.935 bits per heavy atom. The van der Waals surface area contributed by atoms with Gasteiger partial charge < -0.3 is 15.7 Å². The number of phenolic OH excluding ortho intramolecular Hbond substituents is 1. The molecule has 0 heterocycles. The van der Waals surface area contributed by atoms with Crippen molar-refractivity contribution >= 4 is 11.8 Å². The quantitative estimate of drug-likeness (QED) is 0.615. The van der Waals surface area contributed by atoms with Crippen molar-refractivity contribution in [2.24, 2.45) is 5.73 Å². The maximum absolute atomic E-state index is 13.3. The van der Waals surface area contributed by atoms with Crippen molar-refractivity contribution in [3.05, 3.63) is 101 Å². The molecule has 31 heavy (non-hydrogen) atoms. The van der Waals surface area contributed by atoms with E-state index in [1.807, 2.05) is 0 Å². The van der Waals surface area contributed by atoms with Gasteiger partial charge in [0.2, 0.25) is 5.91 Å². The fourth-order valence-corrected chi connectivity index (χ4v) is 3.27. The van der Waals surface area contributed by atoms with E-state index in [-0.39, 0.29) is 23.4 Å². The Hall–Kier alpha value is -3.81. The summed E-state index contributed by atoms with van der Waals surface area (Å²) in [6.07, 6.45) is -4.56. The predicted molar refractivity (Wildman–Crippen MR) is 108 cm³/mol. The summed E-state index contributed by atoms with van der Waals surface area (Å²) in [4.78, 5) is 26.7. The summed E-state index contributed by atoms with van der Waals surface area (Å²) in [6.45, 7) is -0.334. The molecule has 160 valence electrons. The molecule has 0 aliphatic carbocycles. The van der Waals surface area contributed by atoms with Gasteiger partial charge in [-0.3, -0.25) is 9.59 Å². The van der Waals surface area contributed by atoms with E-state index in [4.69, 9.17) is 5.73 Å². The number of carbonyl (C=O) groups excluding carboxylic acids is 2. The second-order valence-electron chi connectivity index (χ2n) is 6.86. The smallest absolute Gasteiger partial charge is 0.416 e. The summed E-state index contributed by atoms with van der Waals surface area (Å²) in [7, 11) is 0. The number of phenols is 1. The Morgan fingerprint density at radius 2 is 1.58 bits per heavy atom. The first-order chi connectivity index (χ1) is 14.7. The van der Waals surface area contributed by atoms with E-state index in [0.29, 0.717) is 5.56 Å². The van der Waals surface area contributed by atoms with Crippen LogP contribution in [-0.2, 0) is 17.5 Å². The number of nitrogens with two attached hydrogens (primary N) is 1. The molecule has 3 aromatic carbocycles. The highest BCUT2D eigenvalue weighted by molar-refractivity contribution is 5.99. The molecule has 8 heteroatoms. The highest BCUT2D eigenvalue weighted by Crippen LogP contribution is 2.32. The van der Waals surface area contributed by atoms with Gasteiger partial charge in [0.25, 0.3) is 5.91 Å². The molecule has 0 aliphatic heterocycles. The summed E-state index contributed by atoms with van der Waals surface area (Å²) in [5, 5.41) is 10.1. The van der Waals surface area contributed by atoms with Crippen LogP contribution in [0.1, 0.15) is 33.1 Å². The van der Waals surface area contributed by atoms with Gasteiger partial charge in [0.1, 0.15) is 11.8 Å². The van der Waals surface area contributed by atoms with Crippen molar-refractivity contribution in [3.8, 4) is 5.75 Å². The van der Waals surface area contributed by atoms with Gasteiger partial charge in [0.05, 0.1) is 11.1 Å². The monoisotopic (exact) mass is 428 g/mol. The van der Waals surface area contributed by atoms with E-state index in [2.05, 4.69) is 0 Å². The highest BCUT2D eigenvalue weighted by atomic mass is 19.4. The zero-order valence-electron chi connectivity index (χ0n) is 16.2. The fourth-order valence-electron chi connectivity index (χ4n) is 3.27. The Balaban J connectivity index is 2.09. The first-order valence-electron chi connectivity index (χ1n) is 9.28. The van der Waals surface area contributed by atoms with Crippen LogP contribution in [0.5, 0.6) is 5.75 Å². The number of para-hydroxylation sites is 1. The zero-order chi connectivity index (χ0) is 22.6. The number of carbonyl (C=O) groups is 2. The summed E-state index contributed by atoms with van der Waals surface area (Å²) in [5.41, 5.74) is 5.17. The lowest BCUT2D eigenvalue weighted by Crippen LogP contribution is -2.41. The van der Waals surface area contributed by atoms with Gasteiger partial charge in [0, 0.05) is 6.54 Å². The SMILES string of the molecule is NC(=O)[C@@H](c1ccccc1)N(Cc1cccc(C(F)(F)F)c1)C(=O)c1ccccc1O. The van der Waals surface area contributed by atoms with E-state index >= 15 is 0 Å². The van der Waals surface area contributed by atoms with Gasteiger partial charge in [-0.05, 0) is 35.4 Å². The van der Waals surface area contributed by atoms with Crippen LogP contribution in [0.15, 0.2) is 78.9 Å². The molecule has 0 aliphatic rings. The van der Waals surface area contributed by atoms with Crippen molar-refractivity contribution < 1.29 is 27.9 Å². The fraction of sp³-hybridized carbons (Fsp3) is 0.130. The molecular formula is C23H19F3N2O3. The highest BCUT2D eigenvalue weighted by Gasteiger charge is 2.33. The second-order valence-corrected chi connectivity index (χ2v) is 6.86. The summed E-state index contributed by atoms with van der Waals surface area (Å²) >= 11 is 0. The van der Waals surface area contributed by atoms with Crippen molar-refractivity contribution in [2.45, 2.75) is 18.8 Å². The van der Waals surface area contributed by atoms with Crippen LogP contribution in [0.25, 0.3) is 0 Å². The number of aromatic hydroxyl groups is 1. The van der Waals surface area contributed by atoms with Crippen LogP contribution < -0.4 is 5.73 Å². The second kappa shape index (κ2) is 8.91. The van der Waals surface area contributed by atoms with Gasteiger partial charge in [-0.25, -0.2) is 0 Å². The van der Waals surface area contributed by atoms with Crippen molar-refractivity contribution in [3.63, 3.8) is 0 Å². The standard InChI is InChI=1S/C23H19F3N2O3/c24-23(25,26)17-10-6-7-15(13-17)14-28(22(31)18-11-4-5-12-19(18)29)20(21(27)30)16-8-2-1-3-9-16/h1-13,20,29H,14H2,(H2,27,30)/t20-/m1/s1. The molecule has 0 radical (unpaired) electrons. The number of alkyl halides is 3. The van der Waals surface area contributed by atoms with Gasteiger partial charge >= 0.3 is 6.18 Å². The summed E-state index contributed by atoms with van der Waals surface area (Å²) in [6, 6.07) is 17.1. The largest absolute Gasteiger partial charge is 0.507 e. The number of nitrogens with zero attached hydrogens (tertiary/aromatic N) is 1. The average molecular weight is 428 g/mol. The van der Waals surface area contributed by atoms with Crippen molar-refractivity contribution in [1.82, 2.24) is 4.90 Å². The molecule has 0 aromatic heterocycles. The lowest BCUT2D eigenvalue weighted by molar-refractivity contribution is -0.137. The first-order valence-corrected chi connectivity index (χ1v) is 9.28. The van der Waals surface area contributed by atoms with Gasteiger partial charge in [-0.2, -0.15) is 13.2 Å². The molecule has 5 nitrogen and oxygen atoms in total. The van der Waals surface area contributed by atoms with Gasteiger partial charge in [0.15, 0.2) is 0 Å². The van der Waals surface area contributed by atoms with Crippen LogP contribution in [0, 0.1) is 0 Å². The van der Waals surface area contributed by atoms with Crippen molar-refractivity contribution in [1.29, 1.82) is 0 Å². The lowest BCUT2D eigenvalue weighted by atomic mass is 10.0. The number of hydrogen-bond acceptors (Lipinski definition) is 3. The van der Waals surface area contributed by atoms with Crippen LogP contribution in [0.2, 0.25) is 0 Å². The minimum atomic E-state index is -4.56. The molecule has 0 spiro atoms. The van der Waals surface area contributed by atoms with Crippen LogP contribution in [-0.4, -0.2) is 21.8 Å². The van der Waals surface area contributed by atoms with Crippen LogP contribution in [0.3, 0.4) is 0 Å². The van der Waals surface area contributed by atoms with Gasteiger partial charge in [-0.1, -0.05) is 54.6 Å². The normalized spacial score (nSPS) is 12.2. The lowest BCUT2D eigenvalue weighted by Gasteiger charge is -2.30. The molecular weight excluding hydrogens is 409 g/mol. The molecule has 3 N–H and O–H groups in total. The minimum Gasteiger partial charge on any atom is -0.507 e. The van der Waals surface area contributed by atoms with Crippen LogP contribution in [0.4, 0.5) is 13.2 Å². The Labute approximate surface area is 176 Å². The van der Waals surface area contributed by atoms with E-state index in [9.17, 15) is 27.9 Å². The molecule has 3 rings (SSSR count). The Bertz CT molecular complexity index is 1080. The summed E-state index contributed by atoms with van der Waals surface area (Å²) < 4.78 is 39.4. The molecule has 2 amide bonds. The molecule has 0 saturated carbocycles. The molecule has 3 aromatic rings. The first kappa shape index (κ1) is 21.9. The number of benzene rings is 3. The number of primary amides is 1. The van der Waals surface area contributed by atoms with E-state index in [1.54, 1.807) is 30.3 Å². The van der Waals surface area contributed by atoms with E-state index in [0.717, 1.165) is 17.0 Å². The zero-order valence-corrected chi connectivity index (χ0v) is 16.2. The van der Waals surface area contributed by atoms with Crippen LogP contribution >= 0.6 is 0 Å². The summed E-state index contributed by atoms with van der Waals surface area (Å²) in [5.74, 6) is -1.93. The Morgan fingerprint density at radius 3 is 2.19 bits per heavy atom. The van der Waals surface area contributed by atoms with E-state index < -0.39 is 29.6 Å². The maximum Gasteiger partial charge on any atom is 0.416 e. The number of hydrogen-bond donors (Lipinski definition) is 2. The minimum absolute atomic E-state index is 0.100. The molecule has 1 atom stereocenters. The maximum atomic E-state index is 13.3. The third kappa shape index (κ3) is 5.03. The average Bonchev–Trinajstić information content (AvgIpc) is 2.73. The van der Waals surface area contributed by atoms with Gasteiger partial charge in [-0.15, -0.1) is 0 Å². The molecule has 0 bridgehead atoms. The number of amides is 2. The third-order valence-electron chi connectivity index (χ3n) is 4.70. The topological polar surface area (TPSA) is 83.6 Å². The predicted octanol–water partition coefficient (Wildman–Crippen LogP) is 4.28. The molecule has 0 fully saturated rings. The number of rotatable bonds is 6. The number of halogens is 3. The molecule has 0 saturated heterocycles. The van der Waals surface area contributed by atoms with Crippen molar-refractivity contribution in [2.75, 3.05) is 0 Å².